The molecule has 1 aliphatic heterocycles. The number of benzene rings is 1. The zero-order valence-electron chi connectivity index (χ0n) is 15.5. The molecule has 7 heteroatoms. The summed E-state index contributed by atoms with van der Waals surface area (Å²) in [6.45, 7) is 8.36. The molecule has 1 aromatic carbocycles. The van der Waals surface area contributed by atoms with Gasteiger partial charge >= 0.3 is 0 Å². The lowest BCUT2D eigenvalue weighted by molar-refractivity contribution is -0.121. The summed E-state index contributed by atoms with van der Waals surface area (Å²) in [4.78, 5) is 19.1. The minimum atomic E-state index is -0.129. The first-order chi connectivity index (χ1) is 12.3. The number of phenols is 1. The quantitative estimate of drug-likeness (QED) is 0.817. The summed E-state index contributed by atoms with van der Waals surface area (Å²) in [5.74, 6) is 1.32. The molecule has 0 atom stereocenters. The molecule has 26 heavy (non-hydrogen) atoms. The number of amides is 1. The minimum Gasteiger partial charge on any atom is -0.506 e. The van der Waals surface area contributed by atoms with Crippen molar-refractivity contribution in [3.63, 3.8) is 0 Å². The van der Waals surface area contributed by atoms with E-state index in [2.05, 4.69) is 41.1 Å². The topological polar surface area (TPSA) is 91.5 Å². The Hall–Kier alpha value is -2.41. The fourth-order valence-electron chi connectivity index (χ4n) is 2.98. The van der Waals surface area contributed by atoms with E-state index in [1.165, 1.54) is 0 Å². The third-order valence-electron chi connectivity index (χ3n) is 4.62. The summed E-state index contributed by atoms with van der Waals surface area (Å²) in [5, 5.41) is 16.6. The maximum Gasteiger partial charge on any atom is 0.240 e. The van der Waals surface area contributed by atoms with Crippen LogP contribution in [0.4, 0.5) is 5.69 Å². The highest BCUT2D eigenvalue weighted by Crippen LogP contribution is 2.25. The van der Waals surface area contributed by atoms with Crippen molar-refractivity contribution < 1.29 is 14.4 Å². The first kappa shape index (κ1) is 18.4. The van der Waals surface area contributed by atoms with Crippen molar-refractivity contribution in [2.75, 3.05) is 18.4 Å². The molecule has 3 rings (SSSR count). The molecule has 0 radical (unpaired) electrons. The number of piperidine rings is 1. The van der Waals surface area contributed by atoms with Crippen LogP contribution in [0.15, 0.2) is 28.8 Å². The van der Waals surface area contributed by atoms with Gasteiger partial charge in [0.15, 0.2) is 5.82 Å². The maximum atomic E-state index is 12.4. The van der Waals surface area contributed by atoms with Gasteiger partial charge in [-0.3, -0.25) is 9.69 Å². The van der Waals surface area contributed by atoms with Crippen molar-refractivity contribution in [3.8, 4) is 5.75 Å². The summed E-state index contributed by atoms with van der Waals surface area (Å²) in [7, 11) is 0. The molecule has 1 fully saturated rings. The van der Waals surface area contributed by atoms with Crippen LogP contribution in [-0.4, -0.2) is 39.1 Å². The molecule has 7 nitrogen and oxygen atoms in total. The number of nitrogens with one attached hydrogen (secondary N) is 1. The Bertz CT molecular complexity index is 758. The van der Waals surface area contributed by atoms with Gasteiger partial charge < -0.3 is 14.9 Å². The maximum absolute atomic E-state index is 12.4. The molecule has 1 aromatic heterocycles. The standard InChI is InChI=1S/C19H26N4O3/c1-19(2,3)18-21-16(26-22-18)12-23-10-8-13(9-11-23)17(25)20-14-6-4-5-7-15(14)24/h4-7,13,24H,8-12H2,1-3H3,(H,20,25). The first-order valence-electron chi connectivity index (χ1n) is 8.97. The largest absolute Gasteiger partial charge is 0.506 e. The number of hydrogen-bond donors (Lipinski definition) is 2. The lowest BCUT2D eigenvalue weighted by Crippen LogP contribution is -2.37. The van der Waals surface area contributed by atoms with Gasteiger partial charge in [-0.2, -0.15) is 4.98 Å². The third-order valence-corrected chi connectivity index (χ3v) is 4.62. The molecule has 2 heterocycles. The van der Waals surface area contributed by atoms with Crippen molar-refractivity contribution in [1.29, 1.82) is 0 Å². The molecule has 2 aromatic rings. The van der Waals surface area contributed by atoms with E-state index in [0.717, 1.165) is 25.9 Å². The summed E-state index contributed by atoms with van der Waals surface area (Å²) < 4.78 is 5.35. The second-order valence-electron chi connectivity index (χ2n) is 7.82. The van der Waals surface area contributed by atoms with E-state index in [9.17, 15) is 9.90 Å². The zero-order valence-corrected chi connectivity index (χ0v) is 15.5. The molecule has 2 N–H and O–H groups in total. The predicted octanol–water partition coefficient (Wildman–Crippen LogP) is 2.92. The van der Waals surface area contributed by atoms with Gasteiger partial charge in [0.25, 0.3) is 0 Å². The Morgan fingerprint density at radius 2 is 2.00 bits per heavy atom. The highest BCUT2D eigenvalue weighted by molar-refractivity contribution is 5.93. The zero-order chi connectivity index (χ0) is 18.7. The molecule has 0 saturated carbocycles. The van der Waals surface area contributed by atoms with E-state index in [1.54, 1.807) is 24.3 Å². The lowest BCUT2D eigenvalue weighted by Gasteiger charge is -2.30. The second kappa shape index (κ2) is 7.45. The van der Waals surface area contributed by atoms with E-state index < -0.39 is 0 Å². The highest BCUT2D eigenvalue weighted by Gasteiger charge is 2.27. The smallest absolute Gasteiger partial charge is 0.240 e. The molecular weight excluding hydrogens is 332 g/mol. The number of aromatic hydroxyl groups is 1. The SMILES string of the molecule is CC(C)(C)c1noc(CN2CCC(C(=O)Nc3ccccc3O)CC2)n1. The van der Waals surface area contributed by atoms with Crippen molar-refractivity contribution in [2.45, 2.75) is 45.6 Å². The molecule has 1 saturated heterocycles. The fraction of sp³-hybridized carbons (Fsp3) is 0.526. The summed E-state index contributed by atoms with van der Waals surface area (Å²) in [6.07, 6.45) is 1.53. The van der Waals surface area contributed by atoms with Gasteiger partial charge in [-0.25, -0.2) is 0 Å². The molecule has 140 valence electrons. The number of carbonyl (C=O) groups excluding carboxylic acids is 1. The van der Waals surface area contributed by atoms with E-state index in [1.807, 2.05) is 0 Å². The van der Waals surface area contributed by atoms with Crippen LogP contribution in [0.2, 0.25) is 0 Å². The Balaban J connectivity index is 1.50. The number of hydrogen-bond acceptors (Lipinski definition) is 6. The number of nitrogens with zero attached hydrogens (tertiary/aromatic N) is 3. The van der Waals surface area contributed by atoms with Gasteiger partial charge in [0.05, 0.1) is 12.2 Å². The number of para-hydroxylation sites is 2. The Morgan fingerprint density at radius 1 is 1.31 bits per heavy atom. The van der Waals surface area contributed by atoms with E-state index in [-0.39, 0.29) is 23.0 Å². The number of rotatable bonds is 4. The number of anilines is 1. The van der Waals surface area contributed by atoms with Crippen LogP contribution < -0.4 is 5.32 Å². The minimum absolute atomic E-state index is 0.0426. The van der Waals surface area contributed by atoms with E-state index in [4.69, 9.17) is 4.52 Å². The van der Waals surface area contributed by atoms with Crippen LogP contribution in [0.3, 0.4) is 0 Å². The monoisotopic (exact) mass is 358 g/mol. The normalized spacial score (nSPS) is 16.6. The van der Waals surface area contributed by atoms with Crippen LogP contribution in [0.25, 0.3) is 0 Å². The van der Waals surface area contributed by atoms with Crippen LogP contribution in [0.5, 0.6) is 5.75 Å². The van der Waals surface area contributed by atoms with Gasteiger partial charge in [0.1, 0.15) is 5.75 Å². The van der Waals surface area contributed by atoms with Gasteiger partial charge in [-0.05, 0) is 38.1 Å². The van der Waals surface area contributed by atoms with Crippen LogP contribution in [-0.2, 0) is 16.8 Å². The number of carbonyl (C=O) groups is 1. The molecule has 0 bridgehead atoms. The molecule has 0 unspecified atom stereocenters. The summed E-state index contributed by atoms with van der Waals surface area (Å²) in [5.41, 5.74) is 0.330. The summed E-state index contributed by atoms with van der Waals surface area (Å²) >= 11 is 0. The van der Waals surface area contributed by atoms with Crippen LogP contribution >= 0.6 is 0 Å². The number of phenolic OH excluding ortho intramolecular Hbond substituents is 1. The average molecular weight is 358 g/mol. The first-order valence-corrected chi connectivity index (χ1v) is 8.97. The van der Waals surface area contributed by atoms with Gasteiger partial charge in [0, 0.05) is 11.3 Å². The molecule has 1 aliphatic rings. The Labute approximate surface area is 153 Å². The Morgan fingerprint density at radius 3 is 2.62 bits per heavy atom. The van der Waals surface area contributed by atoms with E-state index >= 15 is 0 Å². The predicted molar refractivity (Wildman–Crippen MR) is 97.7 cm³/mol. The second-order valence-corrected chi connectivity index (χ2v) is 7.82. The van der Waals surface area contributed by atoms with Crippen LogP contribution in [0, 0.1) is 5.92 Å². The van der Waals surface area contributed by atoms with Crippen molar-refractivity contribution in [2.24, 2.45) is 5.92 Å². The number of aromatic nitrogens is 2. The van der Waals surface area contributed by atoms with Crippen molar-refractivity contribution >= 4 is 11.6 Å². The van der Waals surface area contributed by atoms with Crippen molar-refractivity contribution in [3.05, 3.63) is 36.0 Å². The average Bonchev–Trinajstić information content (AvgIpc) is 3.06. The Kier molecular flexibility index (Phi) is 5.27. The third kappa shape index (κ3) is 4.40. The summed E-state index contributed by atoms with van der Waals surface area (Å²) in [6, 6.07) is 6.78. The number of likely N-dealkylation sites (tertiary alicyclic amines) is 1. The lowest BCUT2D eigenvalue weighted by atomic mass is 9.95. The van der Waals surface area contributed by atoms with Gasteiger partial charge in [-0.1, -0.05) is 38.1 Å². The molecular formula is C19H26N4O3. The van der Waals surface area contributed by atoms with E-state index in [0.29, 0.717) is 23.9 Å². The molecule has 1 amide bonds. The fourth-order valence-corrected chi connectivity index (χ4v) is 2.98. The van der Waals surface area contributed by atoms with Gasteiger partial charge in [0.2, 0.25) is 11.8 Å². The van der Waals surface area contributed by atoms with Gasteiger partial charge in [-0.15, -0.1) is 0 Å². The molecule has 0 aliphatic carbocycles. The highest BCUT2D eigenvalue weighted by atomic mass is 16.5. The molecule has 0 spiro atoms. The van der Waals surface area contributed by atoms with Crippen LogP contribution in [0.1, 0.15) is 45.3 Å². The van der Waals surface area contributed by atoms with Crippen molar-refractivity contribution in [1.82, 2.24) is 15.0 Å².